The lowest BCUT2D eigenvalue weighted by Gasteiger charge is -2.35. The summed E-state index contributed by atoms with van der Waals surface area (Å²) in [6.45, 7) is 8.31. The second-order valence-corrected chi connectivity index (χ2v) is 7.12. The lowest BCUT2D eigenvalue weighted by atomic mass is 9.88. The average molecular weight is 263 g/mol. The topological polar surface area (TPSA) is 75.4 Å². The predicted octanol–water partition coefficient (Wildman–Crippen LogP) is 0.394. The van der Waals surface area contributed by atoms with Crippen LogP contribution in [0.1, 0.15) is 27.2 Å². The van der Waals surface area contributed by atoms with E-state index in [1.807, 2.05) is 13.8 Å². The largest absolute Gasteiger partial charge is 0.330 e. The van der Waals surface area contributed by atoms with Crippen LogP contribution in [0.5, 0.6) is 0 Å². The number of hydrogen-bond donors (Lipinski definition) is 2. The molecule has 17 heavy (non-hydrogen) atoms. The van der Waals surface area contributed by atoms with Crippen molar-refractivity contribution in [2.75, 3.05) is 26.2 Å². The van der Waals surface area contributed by atoms with Gasteiger partial charge in [-0.15, -0.1) is 0 Å². The van der Waals surface area contributed by atoms with E-state index in [9.17, 15) is 8.42 Å². The van der Waals surface area contributed by atoms with Gasteiger partial charge in [0.25, 0.3) is 10.2 Å². The van der Waals surface area contributed by atoms with Crippen molar-refractivity contribution >= 4 is 10.2 Å². The Morgan fingerprint density at radius 2 is 2.12 bits per heavy atom. The Morgan fingerprint density at radius 1 is 1.47 bits per heavy atom. The van der Waals surface area contributed by atoms with E-state index in [-0.39, 0.29) is 5.92 Å². The third kappa shape index (κ3) is 4.21. The molecule has 2 unspecified atom stereocenters. The number of nitrogens with two attached hydrogens (primary N) is 1. The van der Waals surface area contributed by atoms with Gasteiger partial charge in [0.05, 0.1) is 0 Å². The van der Waals surface area contributed by atoms with Crippen LogP contribution in [0.3, 0.4) is 0 Å². The fourth-order valence-electron chi connectivity index (χ4n) is 2.00. The molecule has 3 N–H and O–H groups in total. The fraction of sp³-hybridized carbons (Fsp3) is 1.00. The zero-order chi connectivity index (χ0) is 13.1. The van der Waals surface area contributed by atoms with Crippen molar-refractivity contribution in [2.45, 2.75) is 27.2 Å². The first-order chi connectivity index (χ1) is 7.86. The van der Waals surface area contributed by atoms with Gasteiger partial charge in [-0.2, -0.15) is 12.7 Å². The van der Waals surface area contributed by atoms with Crippen LogP contribution in [0.15, 0.2) is 0 Å². The van der Waals surface area contributed by atoms with Crippen molar-refractivity contribution in [1.29, 1.82) is 0 Å². The molecule has 0 aromatic heterocycles. The molecule has 1 fully saturated rings. The molecule has 0 aliphatic carbocycles. The van der Waals surface area contributed by atoms with Gasteiger partial charge in [-0.3, -0.25) is 0 Å². The zero-order valence-electron chi connectivity index (χ0n) is 11.0. The molecule has 5 nitrogen and oxygen atoms in total. The smallest absolute Gasteiger partial charge is 0.279 e. The maximum Gasteiger partial charge on any atom is 0.279 e. The van der Waals surface area contributed by atoms with Crippen molar-refractivity contribution in [1.82, 2.24) is 9.03 Å². The summed E-state index contributed by atoms with van der Waals surface area (Å²) in [5.41, 5.74) is 5.68. The van der Waals surface area contributed by atoms with Crippen LogP contribution in [-0.2, 0) is 10.2 Å². The second-order valence-electron chi connectivity index (χ2n) is 5.37. The summed E-state index contributed by atoms with van der Waals surface area (Å²) in [6.07, 6.45) is 0.893. The first kappa shape index (κ1) is 14.9. The van der Waals surface area contributed by atoms with Crippen LogP contribution in [0.4, 0.5) is 0 Å². The van der Waals surface area contributed by atoms with E-state index >= 15 is 0 Å². The molecule has 102 valence electrons. The van der Waals surface area contributed by atoms with Gasteiger partial charge in [0.1, 0.15) is 0 Å². The first-order valence-electron chi connectivity index (χ1n) is 6.31. The van der Waals surface area contributed by atoms with Gasteiger partial charge in [-0.05, 0) is 30.7 Å². The molecule has 0 spiro atoms. The number of nitrogens with one attached hydrogen (secondary N) is 1. The van der Waals surface area contributed by atoms with Gasteiger partial charge in [-0.1, -0.05) is 20.8 Å². The molecule has 1 aliphatic heterocycles. The van der Waals surface area contributed by atoms with E-state index in [0.29, 0.717) is 38.0 Å². The molecule has 0 amide bonds. The van der Waals surface area contributed by atoms with Crippen molar-refractivity contribution in [3.8, 4) is 0 Å². The molecule has 1 saturated heterocycles. The number of hydrogen-bond acceptors (Lipinski definition) is 3. The molecular formula is C11H25N3O2S. The highest BCUT2D eigenvalue weighted by Gasteiger charge is 2.31. The number of nitrogens with zero attached hydrogens (tertiary/aromatic N) is 1. The Balaban J connectivity index is 2.60. The van der Waals surface area contributed by atoms with Gasteiger partial charge in [0.15, 0.2) is 0 Å². The van der Waals surface area contributed by atoms with E-state index in [1.54, 1.807) is 0 Å². The normalized spacial score (nSPS) is 27.6. The van der Waals surface area contributed by atoms with Crippen molar-refractivity contribution in [3.63, 3.8) is 0 Å². The highest BCUT2D eigenvalue weighted by molar-refractivity contribution is 7.87. The standard InChI is InChI=1S/C11H25N3O2S/c1-9(2)7-13-17(15,16)14-5-4-10(3)11(6-12)8-14/h9-11,13H,4-8,12H2,1-3H3. The summed E-state index contributed by atoms with van der Waals surface area (Å²) in [5.74, 6) is 1.11. The van der Waals surface area contributed by atoms with Crippen LogP contribution < -0.4 is 10.5 Å². The van der Waals surface area contributed by atoms with Crippen LogP contribution in [0, 0.1) is 17.8 Å². The molecule has 0 aromatic carbocycles. The Hall–Kier alpha value is -0.170. The first-order valence-corrected chi connectivity index (χ1v) is 7.75. The summed E-state index contributed by atoms with van der Waals surface area (Å²) in [5, 5.41) is 0. The SMILES string of the molecule is CC(C)CNS(=O)(=O)N1CCC(C)C(CN)C1. The molecule has 0 radical (unpaired) electrons. The molecule has 2 atom stereocenters. The van der Waals surface area contributed by atoms with E-state index in [2.05, 4.69) is 11.6 Å². The summed E-state index contributed by atoms with van der Waals surface area (Å²) in [6, 6.07) is 0. The Morgan fingerprint density at radius 3 is 2.65 bits per heavy atom. The predicted molar refractivity (Wildman–Crippen MR) is 69.7 cm³/mol. The highest BCUT2D eigenvalue weighted by Crippen LogP contribution is 2.23. The third-order valence-corrected chi connectivity index (χ3v) is 4.94. The summed E-state index contributed by atoms with van der Waals surface area (Å²) in [4.78, 5) is 0. The van der Waals surface area contributed by atoms with E-state index in [1.165, 1.54) is 4.31 Å². The molecule has 1 heterocycles. The minimum atomic E-state index is -3.32. The molecule has 6 heteroatoms. The average Bonchev–Trinajstić information content (AvgIpc) is 2.27. The Bertz CT molecular complexity index is 330. The van der Waals surface area contributed by atoms with Gasteiger partial charge in [0, 0.05) is 19.6 Å². The number of rotatable bonds is 5. The Labute approximate surface area is 105 Å². The van der Waals surface area contributed by atoms with Crippen molar-refractivity contribution < 1.29 is 8.42 Å². The lowest BCUT2D eigenvalue weighted by Crippen LogP contribution is -2.50. The van der Waals surface area contributed by atoms with Gasteiger partial charge in [0.2, 0.25) is 0 Å². The monoisotopic (exact) mass is 263 g/mol. The highest BCUT2D eigenvalue weighted by atomic mass is 32.2. The second kappa shape index (κ2) is 6.13. The minimum absolute atomic E-state index is 0.277. The molecule has 0 aromatic rings. The number of piperidine rings is 1. The maximum absolute atomic E-state index is 12.0. The van der Waals surface area contributed by atoms with Crippen LogP contribution in [-0.4, -0.2) is 38.9 Å². The van der Waals surface area contributed by atoms with E-state index < -0.39 is 10.2 Å². The quantitative estimate of drug-likeness (QED) is 0.753. The van der Waals surface area contributed by atoms with Gasteiger partial charge in [-0.25, -0.2) is 4.72 Å². The summed E-state index contributed by atoms with van der Waals surface area (Å²) in [7, 11) is -3.32. The Kier molecular flexibility index (Phi) is 5.37. The van der Waals surface area contributed by atoms with Crippen molar-refractivity contribution in [2.24, 2.45) is 23.5 Å². The minimum Gasteiger partial charge on any atom is -0.330 e. The molecule has 1 rings (SSSR count). The summed E-state index contributed by atoms with van der Waals surface area (Å²) >= 11 is 0. The lowest BCUT2D eigenvalue weighted by molar-refractivity contribution is 0.201. The molecule has 0 saturated carbocycles. The van der Waals surface area contributed by atoms with Crippen molar-refractivity contribution in [3.05, 3.63) is 0 Å². The molecule has 1 aliphatic rings. The van der Waals surface area contributed by atoms with Gasteiger partial charge >= 0.3 is 0 Å². The van der Waals surface area contributed by atoms with Crippen LogP contribution >= 0.6 is 0 Å². The van der Waals surface area contributed by atoms with Gasteiger partial charge < -0.3 is 5.73 Å². The van der Waals surface area contributed by atoms with E-state index in [4.69, 9.17) is 5.73 Å². The third-order valence-electron chi connectivity index (χ3n) is 3.39. The zero-order valence-corrected chi connectivity index (χ0v) is 11.8. The fourth-order valence-corrected chi connectivity index (χ4v) is 3.46. The molecule has 0 bridgehead atoms. The molecular weight excluding hydrogens is 238 g/mol. The van der Waals surface area contributed by atoms with E-state index in [0.717, 1.165) is 6.42 Å². The van der Waals surface area contributed by atoms with Crippen LogP contribution in [0.25, 0.3) is 0 Å². The summed E-state index contributed by atoms with van der Waals surface area (Å²) < 4.78 is 28.2. The van der Waals surface area contributed by atoms with Crippen LogP contribution in [0.2, 0.25) is 0 Å². The maximum atomic E-state index is 12.0.